The topological polar surface area (TPSA) is 86.5 Å². The highest BCUT2D eigenvalue weighted by Gasteiger charge is 2.10. The van der Waals surface area contributed by atoms with Crippen LogP contribution in [0.15, 0.2) is 16.8 Å². The van der Waals surface area contributed by atoms with Gasteiger partial charge in [0, 0.05) is 31.7 Å². The van der Waals surface area contributed by atoms with Gasteiger partial charge in [-0.25, -0.2) is 0 Å². The lowest BCUT2D eigenvalue weighted by Gasteiger charge is -2.05. The van der Waals surface area contributed by atoms with Crippen molar-refractivity contribution in [3.63, 3.8) is 0 Å². The van der Waals surface area contributed by atoms with Crippen molar-refractivity contribution in [2.24, 2.45) is 4.99 Å². The van der Waals surface area contributed by atoms with Gasteiger partial charge in [0.25, 0.3) is 5.91 Å². The molecule has 0 saturated heterocycles. The molecule has 0 saturated carbocycles. The monoisotopic (exact) mass is 282 g/mol. The van der Waals surface area contributed by atoms with Crippen LogP contribution in [0.4, 0.5) is 0 Å². The Balaban J connectivity index is 2.30. The van der Waals surface area contributed by atoms with Gasteiger partial charge in [-0.1, -0.05) is 11.8 Å². The predicted molar refractivity (Wildman–Crippen MR) is 75.7 cm³/mol. The number of nitrogens with one attached hydrogen (secondary N) is 2. The molecule has 1 aliphatic heterocycles. The van der Waals surface area contributed by atoms with Gasteiger partial charge >= 0.3 is 0 Å². The second kappa shape index (κ2) is 9.42. The zero-order valence-corrected chi connectivity index (χ0v) is 11.8. The maximum Gasteiger partial charge on any atom is 0.263 e. The van der Waals surface area contributed by atoms with E-state index in [4.69, 9.17) is 10.00 Å². The Morgan fingerprint density at radius 2 is 2.53 bits per heavy atom. The summed E-state index contributed by atoms with van der Waals surface area (Å²) in [5.41, 5.74) is 0.0478. The summed E-state index contributed by atoms with van der Waals surface area (Å²) in [6, 6.07) is 1.87. The highest BCUT2D eigenvalue weighted by Crippen LogP contribution is 2.08. The number of carbonyl (C=O) groups is 1. The predicted octanol–water partition coefficient (Wildman–Crippen LogP) is 0.629. The summed E-state index contributed by atoms with van der Waals surface area (Å²) in [5, 5.41) is 15.2. The van der Waals surface area contributed by atoms with Gasteiger partial charge in [0.05, 0.1) is 6.54 Å². The summed E-state index contributed by atoms with van der Waals surface area (Å²) in [4.78, 5) is 15.8. The second-order valence-electron chi connectivity index (χ2n) is 3.66. The van der Waals surface area contributed by atoms with E-state index in [1.165, 1.54) is 6.20 Å². The van der Waals surface area contributed by atoms with Crippen LogP contribution in [0.3, 0.4) is 0 Å². The van der Waals surface area contributed by atoms with E-state index in [9.17, 15) is 4.79 Å². The molecule has 1 heterocycles. The van der Waals surface area contributed by atoms with E-state index < -0.39 is 0 Å². The smallest absolute Gasteiger partial charge is 0.263 e. The highest BCUT2D eigenvalue weighted by atomic mass is 32.2. The lowest BCUT2D eigenvalue weighted by Crippen LogP contribution is -2.27. The van der Waals surface area contributed by atoms with Gasteiger partial charge in [0.1, 0.15) is 11.6 Å². The molecule has 0 aromatic heterocycles. The average Bonchev–Trinajstić information content (AvgIpc) is 2.92. The largest absolute Gasteiger partial charge is 0.382 e. The number of hydrogen-bond donors (Lipinski definition) is 2. The van der Waals surface area contributed by atoms with E-state index in [1.807, 2.05) is 13.0 Å². The van der Waals surface area contributed by atoms with E-state index in [0.717, 1.165) is 23.9 Å². The fraction of sp³-hybridized carbons (Fsp3) is 0.583. The van der Waals surface area contributed by atoms with Gasteiger partial charge in [-0.15, -0.1) is 0 Å². The zero-order chi connectivity index (χ0) is 13.9. The molecule has 7 heteroatoms. The maximum atomic E-state index is 11.7. The molecule has 0 bridgehead atoms. The van der Waals surface area contributed by atoms with E-state index >= 15 is 0 Å². The van der Waals surface area contributed by atoms with Crippen molar-refractivity contribution < 1.29 is 9.53 Å². The van der Waals surface area contributed by atoms with Crippen LogP contribution >= 0.6 is 11.8 Å². The maximum absolute atomic E-state index is 11.7. The molecule has 0 spiro atoms. The molecular weight excluding hydrogens is 264 g/mol. The minimum absolute atomic E-state index is 0.0478. The number of amidine groups is 1. The highest BCUT2D eigenvalue weighted by molar-refractivity contribution is 8.14. The van der Waals surface area contributed by atoms with Crippen LogP contribution in [-0.2, 0) is 9.53 Å². The van der Waals surface area contributed by atoms with Crippen molar-refractivity contribution in [2.45, 2.75) is 13.3 Å². The standard InChI is InChI=1S/C12H18N4O2S/c1-2-18-6-3-4-14-11(17)10(8-13)9-16-12-15-5-7-19-12/h9H,2-7H2,1H3,(H,14,17)(H,15,16)/b10-9-. The Morgan fingerprint density at radius 1 is 1.68 bits per heavy atom. The normalized spacial score (nSPS) is 14.7. The van der Waals surface area contributed by atoms with E-state index in [2.05, 4.69) is 15.6 Å². The summed E-state index contributed by atoms with van der Waals surface area (Å²) >= 11 is 1.57. The van der Waals surface area contributed by atoms with Crippen molar-refractivity contribution >= 4 is 22.8 Å². The van der Waals surface area contributed by atoms with Gasteiger partial charge in [-0.2, -0.15) is 5.26 Å². The van der Waals surface area contributed by atoms with Crippen molar-refractivity contribution in [3.8, 4) is 6.07 Å². The molecule has 1 aliphatic rings. The quantitative estimate of drug-likeness (QED) is 0.406. The zero-order valence-electron chi connectivity index (χ0n) is 10.9. The fourth-order valence-corrected chi connectivity index (χ4v) is 2.02. The number of carbonyl (C=O) groups excluding carboxylic acids is 1. The molecule has 0 aromatic carbocycles. The third kappa shape index (κ3) is 6.27. The number of amides is 1. The Hall–Kier alpha value is -1.52. The van der Waals surface area contributed by atoms with Crippen LogP contribution in [0.5, 0.6) is 0 Å². The Morgan fingerprint density at radius 3 is 3.16 bits per heavy atom. The van der Waals surface area contributed by atoms with E-state index in [0.29, 0.717) is 19.8 Å². The first-order valence-electron chi connectivity index (χ1n) is 6.18. The third-order valence-electron chi connectivity index (χ3n) is 2.25. The third-order valence-corrected chi connectivity index (χ3v) is 3.15. The fourth-order valence-electron chi connectivity index (χ4n) is 1.32. The van der Waals surface area contributed by atoms with Crippen LogP contribution in [0.2, 0.25) is 0 Å². The van der Waals surface area contributed by atoms with Crippen molar-refractivity contribution in [1.29, 1.82) is 5.26 Å². The minimum atomic E-state index is -0.380. The Kier molecular flexibility index (Phi) is 7.70. The van der Waals surface area contributed by atoms with Crippen LogP contribution < -0.4 is 10.6 Å². The van der Waals surface area contributed by atoms with Crippen LogP contribution in [0.25, 0.3) is 0 Å². The van der Waals surface area contributed by atoms with Gasteiger partial charge in [-0.3, -0.25) is 9.79 Å². The van der Waals surface area contributed by atoms with Crippen molar-refractivity contribution in [3.05, 3.63) is 11.8 Å². The summed E-state index contributed by atoms with van der Waals surface area (Å²) in [5.74, 6) is 0.553. The Labute approximate surface area is 117 Å². The van der Waals surface area contributed by atoms with E-state index in [-0.39, 0.29) is 11.5 Å². The number of nitriles is 1. The van der Waals surface area contributed by atoms with E-state index in [1.54, 1.807) is 11.8 Å². The van der Waals surface area contributed by atoms with Crippen LogP contribution in [0, 0.1) is 11.3 Å². The SMILES string of the molecule is CCOCCCNC(=O)/C(C#N)=C\NC1=NCCS1. The number of ether oxygens (including phenoxy) is 1. The molecule has 0 atom stereocenters. The minimum Gasteiger partial charge on any atom is -0.382 e. The summed E-state index contributed by atoms with van der Waals surface area (Å²) in [6.45, 7) is 4.46. The average molecular weight is 282 g/mol. The van der Waals surface area contributed by atoms with Gasteiger partial charge in [0.15, 0.2) is 5.17 Å². The number of rotatable bonds is 7. The first kappa shape index (κ1) is 15.5. The molecule has 104 valence electrons. The van der Waals surface area contributed by atoms with Gasteiger partial charge in [0.2, 0.25) is 0 Å². The molecule has 0 unspecified atom stereocenters. The summed E-state index contributed by atoms with van der Waals surface area (Å²) in [6.07, 6.45) is 2.13. The lowest BCUT2D eigenvalue weighted by molar-refractivity contribution is -0.117. The molecule has 0 aliphatic carbocycles. The first-order valence-corrected chi connectivity index (χ1v) is 7.16. The molecule has 1 rings (SSSR count). The number of thioether (sulfide) groups is 1. The summed E-state index contributed by atoms with van der Waals surface area (Å²) < 4.78 is 5.16. The lowest BCUT2D eigenvalue weighted by atomic mass is 10.3. The number of aliphatic imine (C=N–C) groups is 1. The molecule has 19 heavy (non-hydrogen) atoms. The van der Waals surface area contributed by atoms with Crippen LogP contribution in [0.1, 0.15) is 13.3 Å². The molecule has 6 nitrogen and oxygen atoms in total. The van der Waals surface area contributed by atoms with Crippen molar-refractivity contribution in [1.82, 2.24) is 10.6 Å². The number of nitrogens with zero attached hydrogens (tertiary/aromatic N) is 2. The molecule has 2 N–H and O–H groups in total. The molecule has 0 radical (unpaired) electrons. The molecule has 1 amide bonds. The molecule has 0 aromatic rings. The van der Waals surface area contributed by atoms with Gasteiger partial charge < -0.3 is 15.4 Å². The van der Waals surface area contributed by atoms with Gasteiger partial charge in [-0.05, 0) is 13.3 Å². The first-order chi connectivity index (χ1) is 9.27. The number of hydrogen-bond acceptors (Lipinski definition) is 6. The molecule has 0 fully saturated rings. The Bertz CT molecular complexity index is 401. The molecular formula is C12H18N4O2S. The second-order valence-corrected chi connectivity index (χ2v) is 4.74. The summed E-state index contributed by atoms with van der Waals surface area (Å²) in [7, 11) is 0. The van der Waals surface area contributed by atoms with Crippen molar-refractivity contribution in [2.75, 3.05) is 32.1 Å². The van der Waals surface area contributed by atoms with Crippen LogP contribution in [-0.4, -0.2) is 43.1 Å².